The third kappa shape index (κ3) is 4.50. The van der Waals surface area contributed by atoms with Crippen molar-refractivity contribution < 1.29 is 4.39 Å². The highest BCUT2D eigenvalue weighted by Gasteiger charge is 2.09. The number of nitrogen functional groups attached to an aromatic ring is 1. The predicted octanol–water partition coefficient (Wildman–Crippen LogP) is 5.37. The van der Waals surface area contributed by atoms with Gasteiger partial charge in [0.05, 0.1) is 17.1 Å². The van der Waals surface area contributed by atoms with Crippen LogP contribution in [0.25, 0.3) is 22.5 Å². The van der Waals surface area contributed by atoms with Crippen molar-refractivity contribution in [1.29, 1.82) is 0 Å². The van der Waals surface area contributed by atoms with Crippen molar-refractivity contribution in [3.05, 3.63) is 96.3 Å². The van der Waals surface area contributed by atoms with Gasteiger partial charge in [-0.2, -0.15) is 5.10 Å². The number of nitrogens with zero attached hydrogens (tertiary/aromatic N) is 3. The maximum absolute atomic E-state index is 13.4. The van der Waals surface area contributed by atoms with Crippen LogP contribution < -0.4 is 11.2 Å². The average molecular weight is 397 g/mol. The highest BCUT2D eigenvalue weighted by molar-refractivity contribution is 5.99. The number of anilines is 2. The van der Waals surface area contributed by atoms with E-state index in [-0.39, 0.29) is 5.82 Å². The van der Waals surface area contributed by atoms with Gasteiger partial charge < -0.3 is 5.73 Å². The molecule has 0 radical (unpaired) electrons. The fourth-order valence-electron chi connectivity index (χ4n) is 2.95. The normalized spacial score (nSPS) is 11.3. The molecule has 0 saturated heterocycles. The lowest BCUT2D eigenvalue weighted by Gasteiger charge is -2.09. The molecule has 0 saturated carbocycles. The van der Waals surface area contributed by atoms with E-state index in [2.05, 4.69) is 20.5 Å². The van der Waals surface area contributed by atoms with E-state index >= 15 is 0 Å². The maximum atomic E-state index is 13.4. The average Bonchev–Trinajstić information content (AvgIpc) is 2.79. The summed E-state index contributed by atoms with van der Waals surface area (Å²) in [7, 11) is 0. The molecule has 0 fully saturated rings. The number of halogens is 1. The first kappa shape index (κ1) is 19.3. The summed E-state index contributed by atoms with van der Waals surface area (Å²) in [5.74, 6) is 0.0589. The molecule has 148 valence electrons. The summed E-state index contributed by atoms with van der Waals surface area (Å²) in [5, 5.41) is 4.42. The van der Waals surface area contributed by atoms with Crippen molar-refractivity contribution >= 4 is 17.3 Å². The molecule has 1 heterocycles. The molecule has 4 rings (SSSR count). The Morgan fingerprint density at radius 3 is 2.07 bits per heavy atom. The first-order valence-electron chi connectivity index (χ1n) is 9.45. The van der Waals surface area contributed by atoms with Crippen molar-refractivity contribution in [1.82, 2.24) is 9.97 Å². The first-order chi connectivity index (χ1) is 14.6. The van der Waals surface area contributed by atoms with Crippen LogP contribution in [0.3, 0.4) is 0 Å². The smallest absolute Gasteiger partial charge is 0.244 e. The van der Waals surface area contributed by atoms with Gasteiger partial charge in [0, 0.05) is 16.8 Å². The van der Waals surface area contributed by atoms with Gasteiger partial charge in [0.1, 0.15) is 5.82 Å². The number of hydrogen-bond donors (Lipinski definition) is 2. The number of nitrogens with one attached hydrogen (secondary N) is 1. The fraction of sp³-hybridized carbons (Fsp3) is 0.0417. The molecule has 0 atom stereocenters. The Morgan fingerprint density at radius 2 is 1.43 bits per heavy atom. The maximum Gasteiger partial charge on any atom is 0.244 e. The summed E-state index contributed by atoms with van der Waals surface area (Å²) in [6, 6.07) is 25.4. The second-order valence-corrected chi connectivity index (χ2v) is 6.77. The van der Waals surface area contributed by atoms with E-state index in [0.29, 0.717) is 17.3 Å². The van der Waals surface area contributed by atoms with Crippen molar-refractivity contribution in [2.45, 2.75) is 6.92 Å². The Bertz CT molecular complexity index is 1170. The summed E-state index contributed by atoms with van der Waals surface area (Å²) in [5.41, 5.74) is 14.3. The minimum Gasteiger partial charge on any atom is -0.399 e. The SMILES string of the molecule is C/C(=N/Nc1nc(-c2ccccc2)cc(-c2ccc(F)cc2)n1)c1ccc(N)cc1. The van der Waals surface area contributed by atoms with Crippen molar-refractivity contribution in [2.75, 3.05) is 11.2 Å². The van der Waals surface area contributed by atoms with Gasteiger partial charge in [0.2, 0.25) is 5.95 Å². The van der Waals surface area contributed by atoms with Crippen molar-refractivity contribution in [3.8, 4) is 22.5 Å². The van der Waals surface area contributed by atoms with E-state index < -0.39 is 0 Å². The van der Waals surface area contributed by atoms with E-state index in [0.717, 1.165) is 28.1 Å². The molecular formula is C24H20FN5. The molecule has 0 unspecified atom stereocenters. The van der Waals surface area contributed by atoms with Crippen LogP contribution in [0.15, 0.2) is 90.0 Å². The van der Waals surface area contributed by atoms with Crippen LogP contribution in [0.5, 0.6) is 0 Å². The zero-order valence-corrected chi connectivity index (χ0v) is 16.4. The Hall–Kier alpha value is -4.06. The van der Waals surface area contributed by atoms with E-state index in [1.807, 2.05) is 67.6 Å². The summed E-state index contributed by atoms with van der Waals surface area (Å²) in [4.78, 5) is 9.17. The van der Waals surface area contributed by atoms with Crippen LogP contribution in [-0.2, 0) is 0 Å². The highest BCUT2D eigenvalue weighted by atomic mass is 19.1. The Kier molecular flexibility index (Phi) is 5.48. The van der Waals surface area contributed by atoms with Crippen LogP contribution in [0.4, 0.5) is 16.0 Å². The Labute approximate surface area is 174 Å². The molecule has 30 heavy (non-hydrogen) atoms. The van der Waals surface area contributed by atoms with Crippen LogP contribution in [0, 0.1) is 5.82 Å². The number of aromatic nitrogens is 2. The predicted molar refractivity (Wildman–Crippen MR) is 120 cm³/mol. The number of rotatable bonds is 5. The molecule has 0 bridgehead atoms. The lowest BCUT2D eigenvalue weighted by Crippen LogP contribution is -2.04. The van der Waals surface area contributed by atoms with E-state index in [4.69, 9.17) is 5.73 Å². The molecule has 0 aliphatic carbocycles. The third-order valence-electron chi connectivity index (χ3n) is 4.59. The number of hydrazone groups is 1. The monoisotopic (exact) mass is 397 g/mol. The third-order valence-corrected chi connectivity index (χ3v) is 4.59. The van der Waals surface area contributed by atoms with Crippen LogP contribution in [0.2, 0.25) is 0 Å². The zero-order chi connectivity index (χ0) is 20.9. The lowest BCUT2D eigenvalue weighted by molar-refractivity contribution is 0.628. The molecule has 4 aromatic rings. The van der Waals surface area contributed by atoms with Gasteiger partial charge in [-0.15, -0.1) is 0 Å². The molecule has 0 amide bonds. The van der Waals surface area contributed by atoms with Gasteiger partial charge in [-0.3, -0.25) is 0 Å². The first-order valence-corrected chi connectivity index (χ1v) is 9.45. The van der Waals surface area contributed by atoms with Crippen molar-refractivity contribution in [2.24, 2.45) is 5.10 Å². The fourth-order valence-corrected chi connectivity index (χ4v) is 2.95. The largest absolute Gasteiger partial charge is 0.399 e. The zero-order valence-electron chi connectivity index (χ0n) is 16.4. The van der Waals surface area contributed by atoms with Gasteiger partial charge in [0.15, 0.2) is 0 Å². The molecule has 6 heteroatoms. The van der Waals surface area contributed by atoms with E-state index in [1.165, 1.54) is 12.1 Å². The summed E-state index contributed by atoms with van der Waals surface area (Å²) < 4.78 is 13.4. The van der Waals surface area contributed by atoms with E-state index in [1.54, 1.807) is 12.1 Å². The van der Waals surface area contributed by atoms with Gasteiger partial charge in [-0.1, -0.05) is 42.5 Å². The summed E-state index contributed by atoms with van der Waals surface area (Å²) >= 11 is 0. The number of benzene rings is 3. The molecular weight excluding hydrogens is 377 g/mol. The van der Waals surface area contributed by atoms with Gasteiger partial charge in [-0.05, 0) is 55.0 Å². The molecule has 0 spiro atoms. The van der Waals surface area contributed by atoms with Gasteiger partial charge in [0.25, 0.3) is 0 Å². The molecule has 0 aliphatic heterocycles. The minimum absolute atomic E-state index is 0.293. The molecule has 1 aromatic heterocycles. The van der Waals surface area contributed by atoms with Gasteiger partial charge in [-0.25, -0.2) is 19.8 Å². The van der Waals surface area contributed by atoms with E-state index in [9.17, 15) is 4.39 Å². The van der Waals surface area contributed by atoms with Crippen molar-refractivity contribution in [3.63, 3.8) is 0 Å². The minimum atomic E-state index is -0.293. The lowest BCUT2D eigenvalue weighted by atomic mass is 10.1. The highest BCUT2D eigenvalue weighted by Crippen LogP contribution is 2.25. The van der Waals surface area contributed by atoms with Gasteiger partial charge >= 0.3 is 0 Å². The topological polar surface area (TPSA) is 76.2 Å². The second kappa shape index (κ2) is 8.53. The Morgan fingerprint density at radius 1 is 0.833 bits per heavy atom. The van der Waals surface area contributed by atoms with Crippen LogP contribution >= 0.6 is 0 Å². The molecule has 5 nitrogen and oxygen atoms in total. The quantitative estimate of drug-likeness (QED) is 0.270. The van der Waals surface area contributed by atoms with Crippen LogP contribution in [0.1, 0.15) is 12.5 Å². The summed E-state index contributed by atoms with van der Waals surface area (Å²) in [6.07, 6.45) is 0. The number of nitrogens with two attached hydrogens (primary N) is 1. The molecule has 3 N–H and O–H groups in total. The van der Waals surface area contributed by atoms with Crippen LogP contribution in [-0.4, -0.2) is 15.7 Å². The Balaban J connectivity index is 1.71. The molecule has 3 aromatic carbocycles. The number of hydrogen-bond acceptors (Lipinski definition) is 5. The molecule has 0 aliphatic rings. The standard InChI is InChI=1S/C24H20FN5/c1-16(17-9-13-21(26)14-10-17)29-30-24-27-22(18-5-3-2-4-6-18)15-23(28-24)19-7-11-20(25)12-8-19/h2-15H,26H2,1H3,(H,27,28,30)/b29-16-. The second-order valence-electron chi connectivity index (χ2n) is 6.77. The summed E-state index contributed by atoms with van der Waals surface area (Å²) in [6.45, 7) is 1.89.